The minimum atomic E-state index is 0. The van der Waals surface area contributed by atoms with Crippen LogP contribution in [0.2, 0.25) is 0 Å². The monoisotopic (exact) mass is 469 g/mol. The van der Waals surface area contributed by atoms with Crippen molar-refractivity contribution >= 4 is 17.2 Å². The highest BCUT2D eigenvalue weighted by Crippen LogP contribution is 2.34. The van der Waals surface area contributed by atoms with Crippen LogP contribution >= 0.6 is 11.3 Å². The molecular weight excluding hydrogens is 434 g/mol. The van der Waals surface area contributed by atoms with Crippen LogP contribution in [0.5, 0.6) is 11.5 Å². The second-order valence-corrected chi connectivity index (χ2v) is 9.13. The maximum Gasteiger partial charge on any atom is 0.170 e. The molecule has 3 N–H and O–H groups in total. The van der Waals surface area contributed by atoms with Gasteiger partial charge in [0.15, 0.2) is 5.84 Å². The average molecular weight is 470 g/mol. The van der Waals surface area contributed by atoms with Crippen LogP contribution < -0.4 is 15.2 Å². The number of nitrogens with zero attached hydrogens (tertiary/aromatic N) is 2. The number of rotatable bonds is 11. The quantitative estimate of drug-likeness (QED) is 0.109. The lowest BCUT2D eigenvalue weighted by Gasteiger charge is -2.09. The van der Waals surface area contributed by atoms with Crippen LogP contribution in [0, 0.1) is 6.92 Å². The molecule has 0 aliphatic carbocycles. The third-order valence-electron chi connectivity index (χ3n) is 5.00. The number of nitrogens with two attached hydrogens (primary N) is 1. The summed E-state index contributed by atoms with van der Waals surface area (Å²) in [5, 5.41) is 12.8. The molecule has 33 heavy (non-hydrogen) atoms. The molecule has 6 nitrogen and oxygen atoms in total. The predicted octanol–water partition coefficient (Wildman–Crippen LogP) is 6.60. The maximum atomic E-state index is 8.68. The number of thiazole rings is 1. The van der Waals surface area contributed by atoms with Crippen molar-refractivity contribution < 1.29 is 14.7 Å². The summed E-state index contributed by atoms with van der Waals surface area (Å²) in [4.78, 5) is 6.05. The number of aromatic nitrogens is 1. The summed E-state index contributed by atoms with van der Waals surface area (Å²) < 4.78 is 11.6. The summed E-state index contributed by atoms with van der Waals surface area (Å²) in [7, 11) is 0. The highest BCUT2D eigenvalue weighted by Gasteiger charge is 2.14. The van der Waals surface area contributed by atoms with Gasteiger partial charge in [-0.1, -0.05) is 26.4 Å². The van der Waals surface area contributed by atoms with E-state index in [9.17, 15) is 0 Å². The van der Waals surface area contributed by atoms with Gasteiger partial charge in [-0.2, -0.15) is 0 Å². The van der Waals surface area contributed by atoms with Crippen molar-refractivity contribution in [1.82, 2.24) is 4.98 Å². The van der Waals surface area contributed by atoms with Crippen molar-refractivity contribution in [2.24, 2.45) is 10.9 Å². The Morgan fingerprint density at radius 1 is 0.970 bits per heavy atom. The van der Waals surface area contributed by atoms with Gasteiger partial charge in [-0.15, -0.1) is 11.3 Å². The normalized spacial score (nSPS) is 11.3. The van der Waals surface area contributed by atoms with Crippen molar-refractivity contribution in [2.75, 3.05) is 13.2 Å². The van der Waals surface area contributed by atoms with Crippen LogP contribution in [0.3, 0.4) is 0 Å². The largest absolute Gasteiger partial charge is 0.494 e. The Bertz CT molecular complexity index is 1010. The summed E-state index contributed by atoms with van der Waals surface area (Å²) >= 11 is 1.77. The lowest BCUT2D eigenvalue weighted by Crippen LogP contribution is -2.12. The van der Waals surface area contributed by atoms with E-state index >= 15 is 0 Å². The van der Waals surface area contributed by atoms with Crippen LogP contribution in [-0.2, 0) is 0 Å². The first-order valence-corrected chi connectivity index (χ1v) is 11.7. The Kier molecular flexibility index (Phi) is 10.2. The minimum absolute atomic E-state index is 0. The summed E-state index contributed by atoms with van der Waals surface area (Å²) in [5.41, 5.74) is 8.44. The highest BCUT2D eigenvalue weighted by atomic mass is 32.1. The Balaban J connectivity index is 0.00000385. The van der Waals surface area contributed by atoms with Crippen molar-refractivity contribution in [2.45, 2.75) is 53.4 Å². The minimum Gasteiger partial charge on any atom is -0.494 e. The van der Waals surface area contributed by atoms with E-state index in [1.165, 1.54) is 4.88 Å². The number of hydrogen-bond donors (Lipinski definition) is 2. The zero-order chi connectivity index (χ0) is 22.9. The number of ether oxygens (including phenoxy) is 2. The zero-order valence-corrected chi connectivity index (χ0v) is 19.7. The average Bonchev–Trinajstić information content (AvgIpc) is 3.21. The van der Waals surface area contributed by atoms with Gasteiger partial charge in [-0.25, -0.2) is 4.98 Å². The third kappa shape index (κ3) is 7.49. The first-order valence-electron chi connectivity index (χ1n) is 10.9. The van der Waals surface area contributed by atoms with Crippen molar-refractivity contribution in [3.8, 4) is 22.8 Å². The van der Waals surface area contributed by atoms with Crippen LogP contribution in [0.4, 0.5) is 0 Å². The highest BCUT2D eigenvalue weighted by molar-refractivity contribution is 7.12. The summed E-state index contributed by atoms with van der Waals surface area (Å²) in [6.45, 7) is 7.80. The number of aryl methyl sites for hydroxylation is 1. The second-order valence-electron chi connectivity index (χ2n) is 7.89. The molecule has 2 aromatic carbocycles. The fourth-order valence-corrected chi connectivity index (χ4v) is 4.24. The van der Waals surface area contributed by atoms with Gasteiger partial charge >= 0.3 is 0 Å². The van der Waals surface area contributed by atoms with E-state index < -0.39 is 0 Å². The molecule has 0 amide bonds. The molecule has 0 aliphatic heterocycles. The van der Waals surface area contributed by atoms with E-state index in [0.29, 0.717) is 24.7 Å². The topological polar surface area (TPSA) is 90.0 Å². The van der Waals surface area contributed by atoms with E-state index in [1.807, 2.05) is 24.3 Å². The van der Waals surface area contributed by atoms with Gasteiger partial charge in [-0.05, 0) is 80.6 Å². The number of benzene rings is 2. The maximum absolute atomic E-state index is 8.68. The first kappa shape index (κ1) is 26.2. The molecule has 0 atom stereocenters. The Labute approximate surface area is 201 Å². The molecule has 3 rings (SSSR count). The van der Waals surface area contributed by atoms with Crippen LogP contribution in [0.1, 0.15) is 61.9 Å². The number of oxime groups is 1. The number of hydrogen-bond acceptors (Lipinski definition) is 6. The molecule has 0 unspecified atom stereocenters. The lowest BCUT2D eigenvalue weighted by molar-refractivity contribution is 0.279. The van der Waals surface area contributed by atoms with Crippen LogP contribution in [0.25, 0.3) is 11.3 Å². The van der Waals surface area contributed by atoms with Crippen molar-refractivity contribution in [3.05, 3.63) is 64.0 Å². The Morgan fingerprint density at radius 3 is 2.03 bits per heavy atom. The van der Waals surface area contributed by atoms with Gasteiger partial charge < -0.3 is 20.4 Å². The molecule has 0 aliphatic rings. The molecule has 7 heteroatoms. The van der Waals surface area contributed by atoms with Gasteiger partial charge in [0.2, 0.25) is 0 Å². The summed E-state index contributed by atoms with van der Waals surface area (Å²) in [5.74, 6) is 2.21. The Hall–Kier alpha value is -3.06. The Morgan fingerprint density at radius 2 is 1.52 bits per heavy atom. The molecule has 0 saturated carbocycles. The lowest BCUT2D eigenvalue weighted by atomic mass is 10.1. The first-order chi connectivity index (χ1) is 15.5. The van der Waals surface area contributed by atoms with Crippen LogP contribution in [-0.4, -0.2) is 29.2 Å². The number of amidine groups is 1. The van der Waals surface area contributed by atoms with Crippen molar-refractivity contribution in [3.63, 3.8) is 0 Å². The van der Waals surface area contributed by atoms with Gasteiger partial charge in [0.1, 0.15) is 11.5 Å². The predicted molar refractivity (Wildman–Crippen MR) is 137 cm³/mol. The zero-order valence-electron chi connectivity index (χ0n) is 18.9. The van der Waals surface area contributed by atoms with Gasteiger partial charge in [-0.3, -0.25) is 0 Å². The van der Waals surface area contributed by atoms with Crippen LogP contribution in [0.15, 0.2) is 53.7 Å². The molecule has 0 saturated heterocycles. The number of unbranched alkanes of at least 4 members (excludes halogenated alkanes) is 2. The standard InChI is InChI=1S/C25H31N3O3S.CH4/c1-17(2)24-23(27-18(3)32-24)19-7-11-21(12-8-19)30-15-5-4-6-16-31-22-13-9-20(10-14-22)25(26)28-29;/h7-14,17,29H,4-6,15-16H2,1-3H3,(H2,26,28);1H4. The molecule has 0 spiro atoms. The third-order valence-corrected chi connectivity index (χ3v) is 6.27. The van der Waals surface area contributed by atoms with Gasteiger partial charge in [0, 0.05) is 16.0 Å². The molecule has 1 heterocycles. The molecule has 0 bridgehead atoms. The van der Waals surface area contributed by atoms with E-state index in [0.717, 1.165) is 47.0 Å². The smallest absolute Gasteiger partial charge is 0.170 e. The van der Waals surface area contributed by atoms with Gasteiger partial charge in [0.25, 0.3) is 0 Å². The van der Waals surface area contributed by atoms with E-state index in [2.05, 4.69) is 38.1 Å². The van der Waals surface area contributed by atoms with E-state index in [1.54, 1.807) is 23.5 Å². The molecule has 3 aromatic rings. The molecule has 0 radical (unpaired) electrons. The molecule has 178 valence electrons. The SMILES string of the molecule is C.Cc1nc(-c2ccc(OCCCCCOc3ccc(/C(N)=N/O)cc3)cc2)c(C(C)C)s1. The second kappa shape index (κ2) is 12.8. The fraction of sp³-hybridized carbons (Fsp3) is 0.385. The summed E-state index contributed by atoms with van der Waals surface area (Å²) in [6.07, 6.45) is 2.94. The van der Waals surface area contributed by atoms with Crippen molar-refractivity contribution in [1.29, 1.82) is 0 Å². The molecular formula is C26H35N3O3S. The fourth-order valence-electron chi connectivity index (χ4n) is 3.29. The summed E-state index contributed by atoms with van der Waals surface area (Å²) in [6, 6.07) is 15.4. The van der Waals surface area contributed by atoms with E-state index in [4.69, 9.17) is 25.4 Å². The van der Waals surface area contributed by atoms with Gasteiger partial charge in [0.05, 0.1) is 23.9 Å². The molecule has 1 aromatic heterocycles. The molecule has 0 fully saturated rings. The van der Waals surface area contributed by atoms with E-state index in [-0.39, 0.29) is 13.3 Å².